The Balaban J connectivity index is 1.84. The van der Waals surface area contributed by atoms with Crippen LogP contribution in [0.4, 0.5) is 5.69 Å². The van der Waals surface area contributed by atoms with Gasteiger partial charge < -0.3 is 9.80 Å². The molecule has 4 rings (SSSR count). The van der Waals surface area contributed by atoms with E-state index in [9.17, 15) is 9.59 Å². The number of benzene rings is 2. The van der Waals surface area contributed by atoms with Crippen molar-refractivity contribution in [2.45, 2.75) is 20.8 Å². The highest BCUT2D eigenvalue weighted by atomic mass is 35.5. The molecule has 0 bridgehead atoms. The lowest BCUT2D eigenvalue weighted by Gasteiger charge is -2.36. The second-order valence-electron chi connectivity index (χ2n) is 8.00. The third-order valence-electron chi connectivity index (χ3n) is 6.00. The van der Waals surface area contributed by atoms with Crippen LogP contribution in [0.15, 0.2) is 42.1 Å². The molecule has 2 aliphatic heterocycles. The first kappa shape index (κ1) is 21.9. The van der Waals surface area contributed by atoms with Crippen molar-refractivity contribution in [3.05, 3.63) is 68.8 Å². The van der Waals surface area contributed by atoms with Crippen molar-refractivity contribution >= 4 is 46.3 Å². The molecule has 2 aromatic rings. The average Bonchev–Trinajstić information content (AvgIpc) is 3.00. The van der Waals surface area contributed by atoms with Crippen molar-refractivity contribution in [2.24, 2.45) is 0 Å². The van der Waals surface area contributed by atoms with E-state index < -0.39 is 0 Å². The number of aryl methyl sites for hydroxylation is 2. The zero-order valence-electron chi connectivity index (χ0n) is 17.9. The summed E-state index contributed by atoms with van der Waals surface area (Å²) < 4.78 is 0. The van der Waals surface area contributed by atoms with E-state index in [1.165, 1.54) is 4.90 Å². The van der Waals surface area contributed by atoms with E-state index in [0.29, 0.717) is 40.1 Å². The fourth-order valence-electron chi connectivity index (χ4n) is 4.31. The number of piperazine rings is 1. The maximum Gasteiger partial charge on any atom is 0.282 e. The molecule has 1 saturated heterocycles. The predicted octanol–water partition coefficient (Wildman–Crippen LogP) is 4.53. The van der Waals surface area contributed by atoms with Crippen LogP contribution in [0.2, 0.25) is 10.0 Å². The highest BCUT2D eigenvalue weighted by molar-refractivity contribution is 6.47. The largest absolute Gasteiger partial charge is 0.364 e. The van der Waals surface area contributed by atoms with Crippen molar-refractivity contribution < 1.29 is 9.59 Å². The monoisotopic (exact) mass is 457 g/mol. The van der Waals surface area contributed by atoms with Crippen molar-refractivity contribution in [2.75, 3.05) is 37.6 Å². The van der Waals surface area contributed by atoms with Crippen LogP contribution in [0.25, 0.3) is 5.57 Å². The molecule has 0 unspecified atom stereocenters. The molecular formula is C24H25Cl2N3O2. The lowest BCUT2D eigenvalue weighted by Crippen LogP contribution is -2.47. The van der Waals surface area contributed by atoms with Crippen LogP contribution in [-0.4, -0.2) is 54.3 Å². The Bertz CT molecular complexity index is 1090. The number of rotatable bonds is 4. The Hall–Kier alpha value is -2.34. The number of halogens is 2. The number of nitrogens with zero attached hydrogens (tertiary/aromatic N) is 3. The van der Waals surface area contributed by atoms with Crippen LogP contribution in [0.1, 0.15) is 23.6 Å². The van der Waals surface area contributed by atoms with Gasteiger partial charge in [-0.1, -0.05) is 53.9 Å². The number of carbonyl (C=O) groups excluding carboxylic acids is 2. The number of carbonyl (C=O) groups is 2. The van der Waals surface area contributed by atoms with Crippen molar-refractivity contribution in [3.63, 3.8) is 0 Å². The molecule has 31 heavy (non-hydrogen) atoms. The smallest absolute Gasteiger partial charge is 0.282 e. The summed E-state index contributed by atoms with van der Waals surface area (Å²) in [5.74, 6) is -0.719. The number of hydrogen-bond acceptors (Lipinski definition) is 4. The van der Waals surface area contributed by atoms with Gasteiger partial charge in [-0.05, 0) is 49.7 Å². The van der Waals surface area contributed by atoms with Crippen molar-refractivity contribution in [1.29, 1.82) is 0 Å². The molecule has 2 amide bonds. The molecule has 0 aliphatic carbocycles. The van der Waals surface area contributed by atoms with Crippen LogP contribution in [0.5, 0.6) is 0 Å². The minimum absolute atomic E-state index is 0.308. The molecule has 2 aliphatic rings. The second kappa shape index (κ2) is 8.65. The minimum Gasteiger partial charge on any atom is -0.364 e. The normalized spacial score (nSPS) is 17.8. The highest BCUT2D eigenvalue weighted by Gasteiger charge is 2.44. The van der Waals surface area contributed by atoms with Crippen molar-refractivity contribution in [3.8, 4) is 0 Å². The predicted molar refractivity (Wildman–Crippen MR) is 125 cm³/mol. The molecule has 5 nitrogen and oxygen atoms in total. The van der Waals surface area contributed by atoms with E-state index in [1.807, 2.05) is 36.9 Å². The Labute approximate surface area is 192 Å². The van der Waals surface area contributed by atoms with Gasteiger partial charge >= 0.3 is 0 Å². The number of likely N-dealkylation sites (N-methyl/N-ethyl adjacent to an activating group) is 1. The molecule has 162 valence electrons. The van der Waals surface area contributed by atoms with E-state index >= 15 is 0 Å². The number of imide groups is 1. The van der Waals surface area contributed by atoms with Gasteiger partial charge in [0.2, 0.25) is 0 Å². The maximum atomic E-state index is 13.7. The molecule has 2 aromatic carbocycles. The molecule has 0 N–H and O–H groups in total. The SMILES string of the molecule is CCN1CCN(C2=C(c3ccc(C)cc3C)C(=O)N(c3cc(Cl)ccc3Cl)C2=O)CC1. The highest BCUT2D eigenvalue weighted by Crippen LogP contribution is 2.39. The van der Waals surface area contributed by atoms with Crippen LogP contribution < -0.4 is 4.90 Å². The third-order valence-corrected chi connectivity index (χ3v) is 6.55. The summed E-state index contributed by atoms with van der Waals surface area (Å²) >= 11 is 12.5. The molecular weight excluding hydrogens is 433 g/mol. The van der Waals surface area contributed by atoms with Gasteiger partial charge in [-0.25, -0.2) is 4.90 Å². The Morgan fingerprint density at radius 1 is 0.903 bits per heavy atom. The zero-order valence-corrected chi connectivity index (χ0v) is 19.4. The van der Waals surface area contributed by atoms with Crippen molar-refractivity contribution in [1.82, 2.24) is 9.80 Å². The molecule has 0 saturated carbocycles. The van der Waals surface area contributed by atoms with E-state index in [0.717, 1.165) is 36.3 Å². The van der Waals surface area contributed by atoms with Gasteiger partial charge in [0.05, 0.1) is 16.3 Å². The summed E-state index contributed by atoms with van der Waals surface area (Å²) in [7, 11) is 0. The van der Waals surface area contributed by atoms with E-state index in [4.69, 9.17) is 23.2 Å². The first-order valence-corrected chi connectivity index (χ1v) is 11.2. The molecule has 0 atom stereocenters. The molecule has 0 radical (unpaired) electrons. The fourth-order valence-corrected chi connectivity index (χ4v) is 4.68. The fraction of sp³-hybridized carbons (Fsp3) is 0.333. The van der Waals surface area contributed by atoms with Gasteiger partial charge in [0, 0.05) is 31.2 Å². The summed E-state index contributed by atoms with van der Waals surface area (Å²) in [4.78, 5) is 32.9. The van der Waals surface area contributed by atoms with E-state index in [2.05, 4.69) is 11.8 Å². The second-order valence-corrected chi connectivity index (χ2v) is 8.85. The minimum atomic E-state index is -0.367. The summed E-state index contributed by atoms with van der Waals surface area (Å²) in [6, 6.07) is 10.7. The summed E-state index contributed by atoms with van der Waals surface area (Å²) in [5.41, 5.74) is 4.03. The van der Waals surface area contributed by atoms with Gasteiger partial charge in [-0.15, -0.1) is 0 Å². The van der Waals surface area contributed by atoms with Crippen LogP contribution >= 0.6 is 23.2 Å². The van der Waals surface area contributed by atoms with E-state index in [1.54, 1.807) is 18.2 Å². The molecule has 1 fully saturated rings. The number of hydrogen-bond donors (Lipinski definition) is 0. The summed E-state index contributed by atoms with van der Waals surface area (Å²) in [5, 5.41) is 0.723. The molecule has 0 spiro atoms. The van der Waals surface area contributed by atoms with Gasteiger partial charge in [0.25, 0.3) is 11.8 Å². The first-order valence-electron chi connectivity index (χ1n) is 10.4. The number of anilines is 1. The Kier molecular flexibility index (Phi) is 6.11. The van der Waals surface area contributed by atoms with Crippen LogP contribution in [0, 0.1) is 13.8 Å². The molecule has 7 heteroatoms. The summed E-state index contributed by atoms with van der Waals surface area (Å²) in [6.45, 7) is 10.1. The quantitative estimate of drug-likeness (QED) is 0.632. The van der Waals surface area contributed by atoms with E-state index in [-0.39, 0.29) is 11.8 Å². The topological polar surface area (TPSA) is 43.9 Å². The zero-order chi connectivity index (χ0) is 22.3. The molecule has 2 heterocycles. The van der Waals surface area contributed by atoms with Gasteiger partial charge in [-0.2, -0.15) is 0 Å². The van der Waals surface area contributed by atoms with Gasteiger partial charge in [0.1, 0.15) is 5.70 Å². The maximum absolute atomic E-state index is 13.7. The van der Waals surface area contributed by atoms with Gasteiger partial charge in [-0.3, -0.25) is 9.59 Å². The first-order chi connectivity index (χ1) is 14.8. The number of amides is 2. The summed E-state index contributed by atoms with van der Waals surface area (Å²) in [6.07, 6.45) is 0. The Morgan fingerprint density at radius 3 is 2.26 bits per heavy atom. The molecule has 0 aromatic heterocycles. The standard InChI is InChI=1S/C24H25Cl2N3O2/c1-4-27-9-11-28(12-10-27)22-21(18-7-5-15(2)13-16(18)3)23(30)29(24(22)31)20-14-17(25)6-8-19(20)26/h5-8,13-14H,4,9-12H2,1-3H3. The third kappa shape index (κ3) is 3.98. The van der Waals surface area contributed by atoms with Crippen LogP contribution in [-0.2, 0) is 9.59 Å². The van der Waals surface area contributed by atoms with Crippen LogP contribution in [0.3, 0.4) is 0 Å². The average molecular weight is 458 g/mol. The van der Waals surface area contributed by atoms with Gasteiger partial charge in [0.15, 0.2) is 0 Å². The Morgan fingerprint density at radius 2 is 1.61 bits per heavy atom. The lowest BCUT2D eigenvalue weighted by atomic mass is 9.97. The lowest BCUT2D eigenvalue weighted by molar-refractivity contribution is -0.120.